The van der Waals surface area contributed by atoms with Crippen LogP contribution in [0, 0.1) is 13.8 Å². The summed E-state index contributed by atoms with van der Waals surface area (Å²) in [4.78, 5) is 37.9. The molecule has 3 amide bonds. The molecule has 148 valence electrons. The van der Waals surface area contributed by atoms with Gasteiger partial charge >= 0.3 is 0 Å². The average Bonchev–Trinajstić information content (AvgIpc) is 3.18. The van der Waals surface area contributed by atoms with Crippen molar-refractivity contribution in [3.05, 3.63) is 46.8 Å². The predicted molar refractivity (Wildman–Crippen MR) is 105 cm³/mol. The topological polar surface area (TPSA) is 96.3 Å². The summed E-state index contributed by atoms with van der Waals surface area (Å²) < 4.78 is 1.70. The van der Waals surface area contributed by atoms with Crippen LogP contribution < -0.4 is 10.6 Å². The zero-order chi connectivity index (χ0) is 20.3. The van der Waals surface area contributed by atoms with Crippen molar-refractivity contribution in [1.82, 2.24) is 20.0 Å². The van der Waals surface area contributed by atoms with E-state index in [1.807, 2.05) is 37.9 Å². The third kappa shape index (κ3) is 4.39. The van der Waals surface area contributed by atoms with Crippen LogP contribution in [0.5, 0.6) is 0 Å². The van der Waals surface area contributed by atoms with Gasteiger partial charge in [-0.3, -0.25) is 19.1 Å². The number of aryl methyl sites for hydroxylation is 2. The maximum Gasteiger partial charge on any atom is 0.251 e. The van der Waals surface area contributed by atoms with E-state index in [9.17, 15) is 14.4 Å². The number of likely N-dealkylation sites (tertiary alicyclic amines) is 1. The Morgan fingerprint density at radius 1 is 1.18 bits per heavy atom. The van der Waals surface area contributed by atoms with E-state index in [0.717, 1.165) is 29.9 Å². The minimum absolute atomic E-state index is 0.128. The summed E-state index contributed by atoms with van der Waals surface area (Å²) in [6.45, 7) is 4.90. The number of nitrogens with one attached hydrogen (secondary N) is 2. The van der Waals surface area contributed by atoms with Crippen LogP contribution in [-0.2, 0) is 23.2 Å². The summed E-state index contributed by atoms with van der Waals surface area (Å²) in [6.07, 6.45) is 1.51. The predicted octanol–water partition coefficient (Wildman–Crippen LogP) is 1.53. The van der Waals surface area contributed by atoms with Crippen molar-refractivity contribution in [1.29, 1.82) is 0 Å². The molecule has 2 aromatic rings. The van der Waals surface area contributed by atoms with E-state index in [1.165, 1.54) is 0 Å². The third-order valence-corrected chi connectivity index (χ3v) is 4.94. The fraction of sp³-hybridized carbons (Fsp3) is 0.400. The smallest absolute Gasteiger partial charge is 0.251 e. The molecular formula is C20H25N5O3. The number of carbonyl (C=O) groups is 3. The molecule has 1 aromatic heterocycles. The van der Waals surface area contributed by atoms with Gasteiger partial charge in [-0.05, 0) is 38.0 Å². The van der Waals surface area contributed by atoms with Crippen LogP contribution >= 0.6 is 0 Å². The Hall–Kier alpha value is -3.16. The summed E-state index contributed by atoms with van der Waals surface area (Å²) in [5, 5.41) is 9.65. The Morgan fingerprint density at radius 2 is 1.89 bits per heavy atom. The van der Waals surface area contributed by atoms with Crippen LogP contribution in [0.1, 0.15) is 40.2 Å². The molecule has 0 aliphatic carbocycles. The molecule has 1 saturated heterocycles. The number of rotatable bonds is 6. The van der Waals surface area contributed by atoms with E-state index in [-0.39, 0.29) is 24.3 Å². The first-order chi connectivity index (χ1) is 13.3. The van der Waals surface area contributed by atoms with Gasteiger partial charge in [-0.1, -0.05) is 12.1 Å². The van der Waals surface area contributed by atoms with Crippen LogP contribution in [0.4, 0.5) is 5.69 Å². The normalized spacial score (nSPS) is 13.7. The summed E-state index contributed by atoms with van der Waals surface area (Å²) in [7, 11) is 1.81. The molecule has 3 rings (SSSR count). The molecule has 0 radical (unpaired) electrons. The monoisotopic (exact) mass is 383 g/mol. The summed E-state index contributed by atoms with van der Waals surface area (Å²) in [5.41, 5.74) is 3.70. The maximum absolute atomic E-state index is 12.3. The average molecular weight is 383 g/mol. The molecule has 0 unspecified atom stereocenters. The number of anilines is 1. The molecule has 2 N–H and O–H groups in total. The molecule has 1 aliphatic rings. The van der Waals surface area contributed by atoms with Crippen LogP contribution in [0.15, 0.2) is 24.3 Å². The van der Waals surface area contributed by atoms with Crippen molar-refractivity contribution >= 4 is 23.4 Å². The third-order valence-electron chi connectivity index (χ3n) is 4.94. The Kier molecular flexibility index (Phi) is 5.77. The highest BCUT2D eigenvalue weighted by Crippen LogP contribution is 2.18. The number of nitrogens with zero attached hydrogens (tertiary/aromatic N) is 3. The highest BCUT2D eigenvalue weighted by atomic mass is 16.2. The van der Waals surface area contributed by atoms with Gasteiger partial charge in [-0.2, -0.15) is 5.10 Å². The van der Waals surface area contributed by atoms with E-state index < -0.39 is 0 Å². The molecule has 0 saturated carbocycles. The second-order valence-corrected chi connectivity index (χ2v) is 7.02. The molecule has 28 heavy (non-hydrogen) atoms. The van der Waals surface area contributed by atoms with Crippen LogP contribution in [-0.4, -0.2) is 45.5 Å². The Bertz CT molecular complexity index is 901. The molecule has 8 heteroatoms. The standard InChI is InChI=1S/C20H25N5O3/c1-13-19(14(2)24(3)23-13)22-17(26)11-21-20(28)16-8-6-15(7-9-16)12-25-10-4-5-18(25)27/h6-9H,4-5,10-12H2,1-3H3,(H,21,28)(H,22,26). The second-order valence-electron chi connectivity index (χ2n) is 7.02. The van der Waals surface area contributed by atoms with Gasteiger partial charge in [0.2, 0.25) is 11.8 Å². The lowest BCUT2D eigenvalue weighted by atomic mass is 10.1. The van der Waals surface area contributed by atoms with Crippen molar-refractivity contribution in [2.24, 2.45) is 7.05 Å². The zero-order valence-electron chi connectivity index (χ0n) is 16.4. The fourth-order valence-corrected chi connectivity index (χ4v) is 3.25. The first-order valence-corrected chi connectivity index (χ1v) is 9.30. The highest BCUT2D eigenvalue weighted by molar-refractivity contribution is 5.99. The van der Waals surface area contributed by atoms with E-state index in [0.29, 0.717) is 24.2 Å². The molecular weight excluding hydrogens is 358 g/mol. The van der Waals surface area contributed by atoms with Crippen LogP contribution in [0.25, 0.3) is 0 Å². The van der Waals surface area contributed by atoms with Crippen molar-refractivity contribution in [2.45, 2.75) is 33.2 Å². The number of aromatic nitrogens is 2. The van der Waals surface area contributed by atoms with Gasteiger partial charge in [-0.15, -0.1) is 0 Å². The SMILES string of the molecule is Cc1nn(C)c(C)c1NC(=O)CNC(=O)c1ccc(CN2CCCC2=O)cc1. The van der Waals surface area contributed by atoms with Crippen molar-refractivity contribution in [3.63, 3.8) is 0 Å². The molecule has 0 bridgehead atoms. The Morgan fingerprint density at radius 3 is 2.46 bits per heavy atom. The Balaban J connectivity index is 1.51. The Labute approximate surface area is 163 Å². The van der Waals surface area contributed by atoms with Crippen molar-refractivity contribution in [2.75, 3.05) is 18.4 Å². The minimum Gasteiger partial charge on any atom is -0.343 e. The molecule has 1 aliphatic heterocycles. The van der Waals surface area contributed by atoms with E-state index >= 15 is 0 Å². The van der Waals surface area contributed by atoms with Crippen LogP contribution in [0.3, 0.4) is 0 Å². The van der Waals surface area contributed by atoms with Gasteiger partial charge in [0.1, 0.15) is 0 Å². The largest absolute Gasteiger partial charge is 0.343 e. The van der Waals surface area contributed by atoms with Gasteiger partial charge in [0, 0.05) is 32.1 Å². The van der Waals surface area contributed by atoms with Gasteiger partial charge in [0.05, 0.1) is 23.6 Å². The number of amides is 3. The lowest BCUT2D eigenvalue weighted by molar-refractivity contribution is -0.128. The van der Waals surface area contributed by atoms with Gasteiger partial charge in [0.15, 0.2) is 0 Å². The van der Waals surface area contributed by atoms with Gasteiger partial charge in [0.25, 0.3) is 5.91 Å². The quantitative estimate of drug-likeness (QED) is 0.791. The second kappa shape index (κ2) is 8.24. The molecule has 2 heterocycles. The maximum atomic E-state index is 12.3. The molecule has 1 fully saturated rings. The lowest BCUT2D eigenvalue weighted by Gasteiger charge is -2.15. The van der Waals surface area contributed by atoms with Crippen molar-refractivity contribution < 1.29 is 14.4 Å². The summed E-state index contributed by atoms with van der Waals surface area (Å²) in [5.74, 6) is -0.456. The number of hydrogen-bond acceptors (Lipinski definition) is 4. The molecule has 0 spiro atoms. The molecule has 0 atom stereocenters. The van der Waals surface area contributed by atoms with Crippen molar-refractivity contribution in [3.8, 4) is 0 Å². The number of carbonyl (C=O) groups excluding carboxylic acids is 3. The summed E-state index contributed by atoms with van der Waals surface area (Å²) >= 11 is 0. The first kappa shape index (κ1) is 19.6. The van der Waals surface area contributed by atoms with E-state index in [2.05, 4.69) is 15.7 Å². The zero-order valence-corrected chi connectivity index (χ0v) is 16.4. The van der Waals surface area contributed by atoms with Gasteiger partial charge < -0.3 is 15.5 Å². The minimum atomic E-state index is -0.321. The summed E-state index contributed by atoms with van der Waals surface area (Å²) in [6, 6.07) is 7.09. The lowest BCUT2D eigenvalue weighted by Crippen LogP contribution is -2.33. The van der Waals surface area contributed by atoms with E-state index in [1.54, 1.807) is 16.8 Å². The molecule has 8 nitrogen and oxygen atoms in total. The van der Waals surface area contributed by atoms with Crippen LogP contribution in [0.2, 0.25) is 0 Å². The number of benzene rings is 1. The fourth-order valence-electron chi connectivity index (χ4n) is 3.25. The van der Waals surface area contributed by atoms with Gasteiger partial charge in [-0.25, -0.2) is 0 Å². The molecule has 1 aromatic carbocycles. The van der Waals surface area contributed by atoms with E-state index in [4.69, 9.17) is 0 Å². The number of hydrogen-bond donors (Lipinski definition) is 2. The first-order valence-electron chi connectivity index (χ1n) is 9.30. The highest BCUT2D eigenvalue weighted by Gasteiger charge is 2.20.